The van der Waals surface area contributed by atoms with Crippen LogP contribution in [0.1, 0.15) is 13.8 Å². The first-order chi connectivity index (χ1) is 7.75. The van der Waals surface area contributed by atoms with E-state index in [0.717, 1.165) is 17.9 Å². The summed E-state index contributed by atoms with van der Waals surface area (Å²) >= 11 is 0. The van der Waals surface area contributed by atoms with E-state index < -0.39 is 0 Å². The molecule has 1 aromatic heterocycles. The second-order valence-electron chi connectivity index (χ2n) is 4.30. The molecule has 0 atom stereocenters. The van der Waals surface area contributed by atoms with Crippen LogP contribution in [0.5, 0.6) is 0 Å². The van der Waals surface area contributed by atoms with Crippen LogP contribution in [-0.4, -0.2) is 16.1 Å². The maximum Gasteiger partial charge on any atom is 0.0991 e. The molecule has 16 heavy (non-hydrogen) atoms. The highest BCUT2D eigenvalue weighted by atomic mass is 15.0. The third-order valence-corrected chi connectivity index (χ3v) is 2.36. The number of anilines is 1. The summed E-state index contributed by atoms with van der Waals surface area (Å²) in [6.07, 6.45) is 5.54. The number of nitrogens with one attached hydrogen (secondary N) is 1. The Labute approximate surface area is 96.1 Å². The Balaban J connectivity index is 2.14. The zero-order valence-electron chi connectivity index (χ0n) is 9.72. The molecule has 2 rings (SSSR count). The van der Waals surface area contributed by atoms with Crippen molar-refractivity contribution in [3.63, 3.8) is 0 Å². The minimum Gasteiger partial charge on any atom is -0.385 e. The number of nitrogens with zero attached hydrogens (tertiary/aromatic N) is 2. The molecule has 3 nitrogen and oxygen atoms in total. The van der Waals surface area contributed by atoms with Crippen molar-refractivity contribution < 1.29 is 0 Å². The van der Waals surface area contributed by atoms with E-state index in [-0.39, 0.29) is 0 Å². The van der Waals surface area contributed by atoms with Gasteiger partial charge < -0.3 is 9.88 Å². The molecule has 3 heteroatoms. The lowest BCUT2D eigenvalue weighted by molar-refractivity contribution is 0.689. The molecule has 0 saturated heterocycles. The van der Waals surface area contributed by atoms with Crippen molar-refractivity contribution in [1.29, 1.82) is 0 Å². The van der Waals surface area contributed by atoms with Gasteiger partial charge in [0, 0.05) is 30.3 Å². The summed E-state index contributed by atoms with van der Waals surface area (Å²) in [5.74, 6) is 0.650. The van der Waals surface area contributed by atoms with Crippen LogP contribution in [0.3, 0.4) is 0 Å². The molecule has 0 fully saturated rings. The molecule has 0 amide bonds. The molecule has 0 spiro atoms. The highest BCUT2D eigenvalue weighted by Gasteiger charge is 1.98. The quantitative estimate of drug-likeness (QED) is 0.849. The van der Waals surface area contributed by atoms with Crippen LogP contribution < -0.4 is 5.32 Å². The Morgan fingerprint density at radius 3 is 2.94 bits per heavy atom. The zero-order chi connectivity index (χ0) is 11.4. The van der Waals surface area contributed by atoms with Crippen molar-refractivity contribution in [3.8, 4) is 5.69 Å². The van der Waals surface area contributed by atoms with Crippen molar-refractivity contribution in [3.05, 3.63) is 43.0 Å². The van der Waals surface area contributed by atoms with Gasteiger partial charge in [0.1, 0.15) is 0 Å². The van der Waals surface area contributed by atoms with Gasteiger partial charge in [-0.3, -0.25) is 0 Å². The average molecular weight is 215 g/mol. The third kappa shape index (κ3) is 2.63. The number of benzene rings is 1. The maximum atomic E-state index is 4.04. The largest absolute Gasteiger partial charge is 0.385 e. The third-order valence-electron chi connectivity index (χ3n) is 2.36. The van der Waals surface area contributed by atoms with Gasteiger partial charge in [-0.15, -0.1) is 0 Å². The molecule has 1 heterocycles. The molecular formula is C13H17N3. The van der Waals surface area contributed by atoms with Crippen molar-refractivity contribution in [1.82, 2.24) is 9.55 Å². The summed E-state index contributed by atoms with van der Waals surface area (Å²) in [7, 11) is 0. The van der Waals surface area contributed by atoms with Crippen LogP contribution in [0.2, 0.25) is 0 Å². The molecule has 0 radical (unpaired) electrons. The SMILES string of the molecule is CC(C)CNc1cccc(-n2ccnc2)c1. The topological polar surface area (TPSA) is 29.9 Å². The Morgan fingerprint density at radius 2 is 2.25 bits per heavy atom. The summed E-state index contributed by atoms with van der Waals surface area (Å²) in [4.78, 5) is 4.04. The van der Waals surface area contributed by atoms with E-state index in [0.29, 0.717) is 5.92 Å². The van der Waals surface area contributed by atoms with E-state index >= 15 is 0 Å². The van der Waals surface area contributed by atoms with Crippen LogP contribution in [0.25, 0.3) is 5.69 Å². The maximum absolute atomic E-state index is 4.04. The Hall–Kier alpha value is -1.77. The summed E-state index contributed by atoms with van der Waals surface area (Å²) < 4.78 is 2.00. The monoisotopic (exact) mass is 215 g/mol. The fourth-order valence-electron chi connectivity index (χ4n) is 1.51. The lowest BCUT2D eigenvalue weighted by atomic mass is 10.2. The smallest absolute Gasteiger partial charge is 0.0991 e. The first-order valence-corrected chi connectivity index (χ1v) is 5.58. The Bertz CT molecular complexity index is 432. The number of imidazole rings is 1. The van der Waals surface area contributed by atoms with E-state index in [1.807, 2.05) is 17.1 Å². The predicted molar refractivity (Wildman–Crippen MR) is 66.9 cm³/mol. The minimum atomic E-state index is 0.650. The molecular weight excluding hydrogens is 198 g/mol. The molecule has 84 valence electrons. The number of rotatable bonds is 4. The van der Waals surface area contributed by atoms with Crippen molar-refractivity contribution >= 4 is 5.69 Å². The summed E-state index contributed by atoms with van der Waals surface area (Å²) in [6, 6.07) is 8.34. The number of hydrogen-bond donors (Lipinski definition) is 1. The second kappa shape index (κ2) is 4.84. The fourth-order valence-corrected chi connectivity index (χ4v) is 1.51. The summed E-state index contributed by atoms with van der Waals surface area (Å²) in [6.45, 7) is 5.40. The predicted octanol–water partition coefficient (Wildman–Crippen LogP) is 2.94. The Kier molecular flexibility index (Phi) is 3.25. The minimum absolute atomic E-state index is 0.650. The summed E-state index contributed by atoms with van der Waals surface area (Å²) in [5.41, 5.74) is 2.28. The Morgan fingerprint density at radius 1 is 1.38 bits per heavy atom. The van der Waals surface area contributed by atoms with Gasteiger partial charge in [0.05, 0.1) is 6.33 Å². The molecule has 1 aromatic carbocycles. The van der Waals surface area contributed by atoms with Crippen LogP contribution in [0.4, 0.5) is 5.69 Å². The number of hydrogen-bond acceptors (Lipinski definition) is 2. The molecule has 1 N–H and O–H groups in total. The molecule has 0 bridgehead atoms. The van der Waals surface area contributed by atoms with E-state index in [9.17, 15) is 0 Å². The molecule has 2 aromatic rings. The van der Waals surface area contributed by atoms with Crippen LogP contribution in [0.15, 0.2) is 43.0 Å². The normalized spacial score (nSPS) is 10.7. The first-order valence-electron chi connectivity index (χ1n) is 5.58. The van der Waals surface area contributed by atoms with E-state index in [1.165, 1.54) is 0 Å². The van der Waals surface area contributed by atoms with E-state index in [4.69, 9.17) is 0 Å². The van der Waals surface area contributed by atoms with Crippen molar-refractivity contribution in [2.45, 2.75) is 13.8 Å². The van der Waals surface area contributed by atoms with Crippen molar-refractivity contribution in [2.24, 2.45) is 5.92 Å². The molecule has 0 aliphatic carbocycles. The van der Waals surface area contributed by atoms with Gasteiger partial charge in [-0.2, -0.15) is 0 Å². The lowest BCUT2D eigenvalue weighted by Gasteiger charge is -2.10. The average Bonchev–Trinajstić information content (AvgIpc) is 2.80. The molecule has 0 unspecified atom stereocenters. The summed E-state index contributed by atoms with van der Waals surface area (Å²) in [5, 5.41) is 3.41. The van der Waals surface area contributed by atoms with Crippen LogP contribution in [0, 0.1) is 5.92 Å². The highest BCUT2D eigenvalue weighted by Crippen LogP contribution is 2.14. The molecule has 0 saturated carbocycles. The van der Waals surface area contributed by atoms with E-state index in [2.05, 4.69) is 48.4 Å². The first kappa shape index (κ1) is 10.7. The van der Waals surface area contributed by atoms with Gasteiger partial charge in [0.15, 0.2) is 0 Å². The van der Waals surface area contributed by atoms with Gasteiger partial charge in [0.25, 0.3) is 0 Å². The van der Waals surface area contributed by atoms with Crippen LogP contribution in [-0.2, 0) is 0 Å². The van der Waals surface area contributed by atoms with Crippen molar-refractivity contribution in [2.75, 3.05) is 11.9 Å². The van der Waals surface area contributed by atoms with Crippen LogP contribution >= 0.6 is 0 Å². The second-order valence-corrected chi connectivity index (χ2v) is 4.30. The van der Waals surface area contributed by atoms with Gasteiger partial charge in [-0.1, -0.05) is 19.9 Å². The van der Waals surface area contributed by atoms with Gasteiger partial charge >= 0.3 is 0 Å². The highest BCUT2D eigenvalue weighted by molar-refractivity contribution is 5.51. The fraction of sp³-hybridized carbons (Fsp3) is 0.308. The molecule has 0 aliphatic rings. The van der Waals surface area contributed by atoms with Gasteiger partial charge in [-0.25, -0.2) is 4.98 Å². The zero-order valence-corrected chi connectivity index (χ0v) is 9.72. The van der Waals surface area contributed by atoms with E-state index in [1.54, 1.807) is 6.20 Å². The lowest BCUT2D eigenvalue weighted by Crippen LogP contribution is -2.08. The number of aromatic nitrogens is 2. The van der Waals surface area contributed by atoms with Gasteiger partial charge in [0.2, 0.25) is 0 Å². The molecule has 0 aliphatic heterocycles. The van der Waals surface area contributed by atoms with Gasteiger partial charge in [-0.05, 0) is 24.1 Å². The standard InChI is InChI=1S/C13H17N3/c1-11(2)9-15-12-4-3-5-13(8-12)16-7-6-14-10-16/h3-8,10-11,15H,9H2,1-2H3.